The minimum atomic E-state index is -3.67. The summed E-state index contributed by atoms with van der Waals surface area (Å²) in [4.78, 5) is 13.4. The van der Waals surface area contributed by atoms with Gasteiger partial charge in [0, 0.05) is 11.9 Å². The average Bonchev–Trinajstić information content (AvgIpc) is 2.27. The third-order valence-electron chi connectivity index (χ3n) is 2.02. The summed E-state index contributed by atoms with van der Waals surface area (Å²) in [6.45, 7) is 1.44. The Bertz CT molecular complexity index is 548. The molecule has 0 spiro atoms. The number of rotatable bonds is 4. The van der Waals surface area contributed by atoms with Gasteiger partial charge in [-0.15, -0.1) is 11.6 Å². The molecular weight excluding hydrogens is 336 g/mol. The van der Waals surface area contributed by atoms with E-state index in [1.165, 1.54) is 6.92 Å². The van der Waals surface area contributed by atoms with Crippen LogP contribution in [-0.2, 0) is 9.84 Å². The van der Waals surface area contributed by atoms with E-state index in [9.17, 15) is 18.5 Å². The molecule has 0 radical (unpaired) electrons. The first-order chi connectivity index (χ1) is 7.80. The second-order valence-corrected chi connectivity index (χ2v) is 6.69. The zero-order valence-electron chi connectivity index (χ0n) is 8.63. The molecule has 0 bridgehead atoms. The molecule has 1 heterocycles. The Morgan fingerprint density at radius 2 is 2.24 bits per heavy atom. The number of aromatic nitrogens is 1. The molecule has 9 heteroatoms. The van der Waals surface area contributed by atoms with Crippen molar-refractivity contribution in [2.75, 3.05) is 5.88 Å². The van der Waals surface area contributed by atoms with Crippen LogP contribution >= 0.6 is 27.5 Å². The Labute approximate surface area is 111 Å². The van der Waals surface area contributed by atoms with Crippen molar-refractivity contribution in [1.82, 2.24) is 4.98 Å². The van der Waals surface area contributed by atoms with E-state index < -0.39 is 20.0 Å². The van der Waals surface area contributed by atoms with Gasteiger partial charge in [-0.2, -0.15) is 0 Å². The van der Waals surface area contributed by atoms with Gasteiger partial charge in [-0.3, -0.25) is 10.1 Å². The topological polar surface area (TPSA) is 90.2 Å². The molecule has 0 aromatic carbocycles. The van der Waals surface area contributed by atoms with Crippen LogP contribution in [0.4, 0.5) is 5.69 Å². The Morgan fingerprint density at radius 1 is 1.65 bits per heavy atom. The molecule has 1 unspecified atom stereocenters. The summed E-state index contributed by atoms with van der Waals surface area (Å²) in [6.07, 6.45) is 0.901. The van der Waals surface area contributed by atoms with Gasteiger partial charge in [0.05, 0.1) is 14.6 Å². The molecule has 1 rings (SSSR count). The van der Waals surface area contributed by atoms with E-state index in [1.54, 1.807) is 0 Å². The number of hydrogen-bond acceptors (Lipinski definition) is 5. The van der Waals surface area contributed by atoms with Crippen LogP contribution < -0.4 is 0 Å². The van der Waals surface area contributed by atoms with Crippen LogP contribution in [-0.4, -0.2) is 29.5 Å². The normalized spacial score (nSPS) is 13.4. The fourth-order valence-electron chi connectivity index (χ4n) is 0.998. The number of alkyl halides is 1. The van der Waals surface area contributed by atoms with Crippen molar-refractivity contribution in [2.45, 2.75) is 17.2 Å². The maximum Gasteiger partial charge on any atom is 0.288 e. The molecule has 94 valence electrons. The number of sulfone groups is 1. The largest absolute Gasteiger partial charge is 0.288 e. The summed E-state index contributed by atoms with van der Waals surface area (Å²) in [5.74, 6) is -0.0760. The van der Waals surface area contributed by atoms with Crippen LogP contribution in [0.5, 0.6) is 0 Å². The fourth-order valence-corrected chi connectivity index (χ4v) is 3.59. The molecule has 0 fully saturated rings. The van der Waals surface area contributed by atoms with Crippen LogP contribution in [0.1, 0.15) is 6.92 Å². The zero-order chi connectivity index (χ0) is 13.2. The van der Waals surface area contributed by atoms with Crippen LogP contribution in [0.25, 0.3) is 0 Å². The molecule has 1 aromatic heterocycles. The van der Waals surface area contributed by atoms with Crippen LogP contribution in [0.2, 0.25) is 0 Å². The maximum absolute atomic E-state index is 11.9. The molecule has 0 aliphatic heterocycles. The Morgan fingerprint density at radius 3 is 2.65 bits per heavy atom. The smallest absolute Gasteiger partial charge is 0.258 e. The lowest BCUT2D eigenvalue weighted by Crippen LogP contribution is -2.21. The van der Waals surface area contributed by atoms with E-state index in [4.69, 9.17) is 11.6 Å². The minimum absolute atomic E-state index is 0.0590. The number of hydrogen-bond donors (Lipinski definition) is 0. The lowest BCUT2D eigenvalue weighted by molar-refractivity contribution is -0.385. The zero-order valence-corrected chi connectivity index (χ0v) is 11.8. The maximum atomic E-state index is 11.9. The Hall–Kier alpha value is -0.730. The van der Waals surface area contributed by atoms with Gasteiger partial charge in [0.2, 0.25) is 0 Å². The fraction of sp³-hybridized carbons (Fsp3) is 0.375. The average molecular weight is 344 g/mol. The van der Waals surface area contributed by atoms with E-state index in [2.05, 4.69) is 20.9 Å². The van der Waals surface area contributed by atoms with Gasteiger partial charge in [-0.05, 0) is 22.9 Å². The third-order valence-corrected chi connectivity index (χ3v) is 5.62. The van der Waals surface area contributed by atoms with Crippen molar-refractivity contribution < 1.29 is 13.3 Å². The van der Waals surface area contributed by atoms with Crippen molar-refractivity contribution >= 4 is 43.1 Å². The summed E-state index contributed by atoms with van der Waals surface area (Å²) >= 11 is 8.45. The number of halogens is 2. The van der Waals surface area contributed by atoms with E-state index in [1.807, 2.05) is 0 Å². The molecule has 1 atom stereocenters. The van der Waals surface area contributed by atoms with Crippen molar-refractivity contribution in [3.8, 4) is 0 Å². The highest BCUT2D eigenvalue weighted by molar-refractivity contribution is 9.10. The predicted molar refractivity (Wildman–Crippen MR) is 66.0 cm³/mol. The van der Waals surface area contributed by atoms with Crippen LogP contribution in [0.15, 0.2) is 21.8 Å². The summed E-state index contributed by atoms with van der Waals surface area (Å²) in [6, 6.07) is 1.10. The highest BCUT2D eigenvalue weighted by atomic mass is 79.9. The predicted octanol–water partition coefficient (Wildman–Crippen LogP) is 2.15. The van der Waals surface area contributed by atoms with E-state index in [0.717, 1.165) is 12.3 Å². The molecule has 0 aliphatic rings. The third kappa shape index (κ3) is 2.93. The monoisotopic (exact) mass is 342 g/mol. The number of pyridine rings is 1. The van der Waals surface area contributed by atoms with Crippen LogP contribution in [0, 0.1) is 10.1 Å². The molecule has 0 amide bonds. The highest BCUT2D eigenvalue weighted by Gasteiger charge is 2.27. The first-order valence-corrected chi connectivity index (χ1v) is 7.28. The minimum Gasteiger partial charge on any atom is -0.258 e. The van der Waals surface area contributed by atoms with Crippen molar-refractivity contribution in [1.29, 1.82) is 0 Å². The van der Waals surface area contributed by atoms with Gasteiger partial charge in [-0.1, -0.05) is 0 Å². The van der Waals surface area contributed by atoms with E-state index >= 15 is 0 Å². The highest BCUT2D eigenvalue weighted by Crippen LogP contribution is 2.26. The van der Waals surface area contributed by atoms with Gasteiger partial charge >= 0.3 is 0 Å². The van der Waals surface area contributed by atoms with Gasteiger partial charge in [0.25, 0.3) is 5.69 Å². The summed E-state index contributed by atoms with van der Waals surface area (Å²) in [7, 11) is -3.67. The summed E-state index contributed by atoms with van der Waals surface area (Å²) in [5, 5.41) is 9.43. The first-order valence-electron chi connectivity index (χ1n) is 4.40. The molecule has 0 aliphatic carbocycles. The van der Waals surface area contributed by atoms with Gasteiger partial charge in [0.15, 0.2) is 14.9 Å². The number of nitro groups is 1. The number of nitrogens with zero attached hydrogens (tertiary/aromatic N) is 2. The van der Waals surface area contributed by atoms with E-state index in [-0.39, 0.29) is 21.1 Å². The second-order valence-electron chi connectivity index (χ2n) is 3.25. The molecule has 0 N–H and O–H groups in total. The van der Waals surface area contributed by atoms with Gasteiger partial charge in [0.1, 0.15) is 6.20 Å². The summed E-state index contributed by atoms with van der Waals surface area (Å²) in [5.41, 5.74) is -0.283. The van der Waals surface area contributed by atoms with Crippen molar-refractivity contribution in [2.24, 2.45) is 0 Å². The molecule has 0 saturated heterocycles. The van der Waals surface area contributed by atoms with Crippen molar-refractivity contribution in [3.63, 3.8) is 0 Å². The lowest BCUT2D eigenvalue weighted by Gasteiger charge is -2.09. The molecule has 6 nitrogen and oxygen atoms in total. The van der Waals surface area contributed by atoms with E-state index in [0.29, 0.717) is 0 Å². The van der Waals surface area contributed by atoms with Crippen LogP contribution in [0.3, 0.4) is 0 Å². The van der Waals surface area contributed by atoms with Gasteiger partial charge < -0.3 is 0 Å². The standard InChI is InChI=1S/C8H8BrClN2O4S/c1-5(3-10)17(15,16)8-7(9)2-6(4-11-8)12(13)14/h2,4-5H,3H2,1H3. The Kier molecular flexibility index (Phi) is 4.45. The Balaban J connectivity index is 3.31. The van der Waals surface area contributed by atoms with Crippen molar-refractivity contribution in [3.05, 3.63) is 26.9 Å². The summed E-state index contributed by atoms with van der Waals surface area (Å²) < 4.78 is 23.9. The molecular formula is C8H8BrClN2O4S. The first kappa shape index (κ1) is 14.3. The quantitative estimate of drug-likeness (QED) is 0.474. The van der Waals surface area contributed by atoms with Gasteiger partial charge in [-0.25, -0.2) is 13.4 Å². The second kappa shape index (κ2) is 5.28. The molecule has 17 heavy (non-hydrogen) atoms. The lowest BCUT2D eigenvalue weighted by atomic mass is 10.4. The molecule has 1 aromatic rings. The molecule has 0 saturated carbocycles. The SMILES string of the molecule is CC(CCl)S(=O)(=O)c1ncc([N+](=O)[O-])cc1Br.